The zero-order valence-electron chi connectivity index (χ0n) is 27.5. The summed E-state index contributed by atoms with van der Waals surface area (Å²) in [6, 6.07) is 6.44. The second-order valence-electron chi connectivity index (χ2n) is 10.2. The molecule has 0 aliphatic heterocycles. The average Bonchev–Trinajstić information content (AvgIpc) is 3.04. The Morgan fingerprint density at radius 2 is 1.19 bits per heavy atom. The first kappa shape index (κ1) is 43.3. The number of hydrogen-bond donors (Lipinski definition) is 1. The molecule has 2 heterocycles. The largest absolute Gasteiger partial charge is 0.507 e. The third kappa shape index (κ3) is 12.4. The van der Waals surface area contributed by atoms with Gasteiger partial charge in [-0.1, -0.05) is 15.9 Å². The number of alkyl halides is 1. The van der Waals surface area contributed by atoms with E-state index >= 15 is 0 Å². The van der Waals surface area contributed by atoms with Crippen molar-refractivity contribution in [1.82, 2.24) is 0 Å². The lowest BCUT2D eigenvalue weighted by Crippen LogP contribution is -2.14. The number of ketones is 3. The van der Waals surface area contributed by atoms with Gasteiger partial charge in [0.1, 0.15) is 75.1 Å². The molecule has 18 heteroatoms. The predicted octanol–water partition coefficient (Wildman–Crippen LogP) is 6.93. The van der Waals surface area contributed by atoms with Gasteiger partial charge in [0.05, 0.1) is 28.3 Å². The molecular weight excluding hydrogens is 790 g/mol. The topological polar surface area (TPSA) is 175 Å². The van der Waals surface area contributed by atoms with Gasteiger partial charge in [0.2, 0.25) is 0 Å². The minimum Gasteiger partial charge on any atom is -0.507 e. The fraction of sp³-hybridized carbons (Fsp3) is 0.171. The molecule has 0 saturated heterocycles. The van der Waals surface area contributed by atoms with Crippen LogP contribution in [-0.2, 0) is 14.3 Å². The summed E-state index contributed by atoms with van der Waals surface area (Å²) in [5.74, 6) is -7.75. The van der Waals surface area contributed by atoms with Crippen molar-refractivity contribution < 1.29 is 69.0 Å². The number of halogens is 7. The van der Waals surface area contributed by atoms with E-state index in [0.29, 0.717) is 30.9 Å². The number of esters is 1. The van der Waals surface area contributed by atoms with Crippen molar-refractivity contribution in [3.8, 4) is 5.75 Å². The second kappa shape index (κ2) is 19.6. The van der Waals surface area contributed by atoms with Gasteiger partial charge in [-0.05, 0) is 32.9 Å². The van der Waals surface area contributed by atoms with E-state index in [1.807, 2.05) is 0 Å². The van der Waals surface area contributed by atoms with Crippen molar-refractivity contribution in [2.45, 2.75) is 27.2 Å². The van der Waals surface area contributed by atoms with Crippen LogP contribution in [0.1, 0.15) is 58.3 Å². The third-order valence-corrected chi connectivity index (χ3v) is 6.73. The Kier molecular flexibility index (Phi) is 16.0. The number of aldehydes is 1. The molecule has 0 saturated carbocycles. The number of phenols is 1. The van der Waals surface area contributed by atoms with Crippen LogP contribution in [0.15, 0.2) is 67.0 Å². The Morgan fingerprint density at radius 1 is 0.736 bits per heavy atom. The van der Waals surface area contributed by atoms with Crippen molar-refractivity contribution in [2.75, 3.05) is 11.9 Å². The number of benzene rings is 3. The minimum atomic E-state index is -1.06. The highest BCUT2D eigenvalue weighted by Crippen LogP contribution is 2.21. The normalized spacial score (nSPS) is 10.2. The van der Waals surface area contributed by atoms with Gasteiger partial charge >= 0.3 is 17.2 Å². The standard InChI is InChI=1S/C11H5BrF2O3.C11H6F2O3.C7H4F2O2.C6H10O3/c12-4-9(15)7-3-6-8(14)1-5(13)2-10(6)17-11(7)16;1-5(14)7-4-8-9(13)2-6(12)3-10(8)16-11(7)15;8-4-1-6(9)5(3-10)7(11)2-4;1-3-9-6(8)4-5(2)7/h1-3H,4H2;2-4H,1H3;1-3,11H;3-4H2,1-2H3. The Bertz CT molecular complexity index is 2300. The highest BCUT2D eigenvalue weighted by Gasteiger charge is 2.16. The summed E-state index contributed by atoms with van der Waals surface area (Å²) in [6.07, 6.45) is 0.0257. The smallest absolute Gasteiger partial charge is 0.347 e. The van der Waals surface area contributed by atoms with E-state index in [1.165, 1.54) is 13.8 Å². The van der Waals surface area contributed by atoms with E-state index in [-0.39, 0.29) is 56.9 Å². The highest BCUT2D eigenvalue weighted by atomic mass is 79.9. The van der Waals surface area contributed by atoms with Crippen molar-refractivity contribution in [3.05, 3.63) is 121 Å². The summed E-state index contributed by atoms with van der Waals surface area (Å²) in [5.41, 5.74) is -3.28. The van der Waals surface area contributed by atoms with Crippen LogP contribution in [-0.4, -0.2) is 46.6 Å². The number of fused-ring (bicyclic) bond motifs is 2. The van der Waals surface area contributed by atoms with Gasteiger partial charge < -0.3 is 18.7 Å². The van der Waals surface area contributed by atoms with E-state index in [9.17, 15) is 59.9 Å². The van der Waals surface area contributed by atoms with Crippen LogP contribution in [0, 0.1) is 34.9 Å². The molecule has 0 amide bonds. The number of Topliss-reactive ketones (excluding diaryl/α,β-unsaturated/α-hetero) is 3. The molecule has 0 aliphatic carbocycles. The molecular formula is C35H25BrF6O11. The summed E-state index contributed by atoms with van der Waals surface area (Å²) in [4.78, 5) is 75.7. The van der Waals surface area contributed by atoms with E-state index in [1.54, 1.807) is 6.92 Å². The number of aromatic hydroxyl groups is 1. The molecule has 0 radical (unpaired) electrons. The van der Waals surface area contributed by atoms with Crippen LogP contribution in [0.4, 0.5) is 26.3 Å². The molecule has 5 aromatic rings. The predicted molar refractivity (Wildman–Crippen MR) is 178 cm³/mol. The molecule has 0 atom stereocenters. The lowest BCUT2D eigenvalue weighted by atomic mass is 10.1. The first-order valence-corrected chi connectivity index (χ1v) is 15.7. The van der Waals surface area contributed by atoms with Crippen molar-refractivity contribution >= 4 is 67.5 Å². The number of rotatable bonds is 7. The number of phenolic OH excluding ortho intramolecular Hbond substituents is 1. The molecule has 11 nitrogen and oxygen atoms in total. The van der Waals surface area contributed by atoms with Gasteiger partial charge in [0.15, 0.2) is 17.9 Å². The van der Waals surface area contributed by atoms with E-state index in [4.69, 9.17) is 9.52 Å². The maximum Gasteiger partial charge on any atom is 0.347 e. The summed E-state index contributed by atoms with van der Waals surface area (Å²) in [7, 11) is 0. The van der Waals surface area contributed by atoms with Gasteiger partial charge in [-0.2, -0.15) is 0 Å². The molecule has 0 spiro atoms. The number of hydrogen-bond acceptors (Lipinski definition) is 11. The fourth-order valence-corrected chi connectivity index (χ4v) is 4.20. The second-order valence-corrected chi connectivity index (χ2v) is 10.8. The van der Waals surface area contributed by atoms with Gasteiger partial charge in [-0.3, -0.25) is 24.0 Å². The summed E-state index contributed by atoms with van der Waals surface area (Å²) < 4.78 is 91.0. The quantitative estimate of drug-likeness (QED) is 0.0343. The van der Waals surface area contributed by atoms with E-state index in [0.717, 1.165) is 24.3 Å². The maximum atomic E-state index is 13.4. The number of ether oxygens (including phenoxy) is 1. The van der Waals surface area contributed by atoms with E-state index < -0.39 is 75.0 Å². The van der Waals surface area contributed by atoms with Crippen LogP contribution < -0.4 is 11.3 Å². The van der Waals surface area contributed by atoms with Crippen LogP contribution >= 0.6 is 15.9 Å². The Morgan fingerprint density at radius 3 is 1.60 bits per heavy atom. The fourth-order valence-electron chi connectivity index (χ4n) is 3.90. The zero-order chi connectivity index (χ0) is 40.2. The van der Waals surface area contributed by atoms with Crippen molar-refractivity contribution in [3.63, 3.8) is 0 Å². The first-order valence-electron chi connectivity index (χ1n) is 14.6. The Balaban J connectivity index is 0.000000253. The van der Waals surface area contributed by atoms with Crippen LogP contribution in [0.25, 0.3) is 21.9 Å². The first-order chi connectivity index (χ1) is 24.8. The number of carbonyl (C=O) groups is 5. The molecule has 1 N–H and O–H groups in total. The van der Waals surface area contributed by atoms with Gasteiger partial charge in [0, 0.05) is 36.4 Å². The Labute approximate surface area is 301 Å². The molecule has 5 rings (SSSR count). The number of carbonyl (C=O) groups excluding carboxylic acids is 5. The highest BCUT2D eigenvalue weighted by molar-refractivity contribution is 9.09. The maximum absolute atomic E-state index is 13.4. The summed E-state index contributed by atoms with van der Waals surface area (Å²) in [6.45, 7) is 4.57. The van der Waals surface area contributed by atoms with Crippen molar-refractivity contribution in [1.29, 1.82) is 0 Å². The average molecular weight is 815 g/mol. The lowest BCUT2D eigenvalue weighted by molar-refractivity contribution is -0.145. The van der Waals surface area contributed by atoms with Crippen LogP contribution in [0.5, 0.6) is 5.75 Å². The summed E-state index contributed by atoms with van der Waals surface area (Å²) in [5, 5.41) is 8.49. The molecule has 3 aromatic carbocycles. The molecule has 0 unspecified atom stereocenters. The van der Waals surface area contributed by atoms with Gasteiger partial charge in [0.25, 0.3) is 0 Å². The zero-order valence-corrected chi connectivity index (χ0v) is 29.1. The van der Waals surface area contributed by atoms with Crippen LogP contribution in [0.2, 0.25) is 0 Å². The van der Waals surface area contributed by atoms with Gasteiger partial charge in [-0.15, -0.1) is 0 Å². The molecule has 280 valence electrons. The van der Waals surface area contributed by atoms with Crippen molar-refractivity contribution in [2.24, 2.45) is 0 Å². The monoisotopic (exact) mass is 814 g/mol. The molecule has 53 heavy (non-hydrogen) atoms. The summed E-state index contributed by atoms with van der Waals surface area (Å²) >= 11 is 2.90. The molecule has 0 fully saturated rings. The third-order valence-electron chi connectivity index (χ3n) is 6.23. The Hall–Kier alpha value is -5.91. The molecule has 2 aromatic heterocycles. The molecule has 0 aliphatic rings. The lowest BCUT2D eigenvalue weighted by Gasteiger charge is -2.01. The van der Waals surface area contributed by atoms with Crippen LogP contribution in [0.3, 0.4) is 0 Å². The van der Waals surface area contributed by atoms with Gasteiger partial charge in [-0.25, -0.2) is 35.9 Å². The molecule has 0 bridgehead atoms. The minimum absolute atomic E-state index is 0.0773. The SMILES string of the molecule is CC(=O)c1cc2c(F)cc(F)cc2oc1=O.CCOC(=O)CC(C)=O.O=C(CBr)c1cc2c(F)cc(F)cc2oc1=O.O=Cc1c(O)cc(F)cc1F. The van der Waals surface area contributed by atoms with E-state index in [2.05, 4.69) is 25.1 Å².